The van der Waals surface area contributed by atoms with E-state index >= 15 is 0 Å². The SMILES string of the molecule is CCC1(CNC(=O)c2cccc(OC)c2N)CC1. The summed E-state index contributed by atoms with van der Waals surface area (Å²) in [6.45, 7) is 2.90. The first kappa shape index (κ1) is 12.7. The predicted octanol–water partition coefficient (Wildman–Crippen LogP) is 2.20. The highest BCUT2D eigenvalue weighted by molar-refractivity contribution is 6.00. The molecule has 0 heterocycles. The number of hydrogen-bond donors (Lipinski definition) is 2. The van der Waals surface area contributed by atoms with E-state index in [1.54, 1.807) is 25.3 Å². The van der Waals surface area contributed by atoms with Crippen LogP contribution in [0.1, 0.15) is 36.5 Å². The van der Waals surface area contributed by atoms with E-state index < -0.39 is 0 Å². The van der Waals surface area contributed by atoms with Crippen LogP contribution < -0.4 is 15.8 Å². The summed E-state index contributed by atoms with van der Waals surface area (Å²) in [4.78, 5) is 12.1. The lowest BCUT2D eigenvalue weighted by atomic mass is 10.0. The van der Waals surface area contributed by atoms with Gasteiger partial charge in [-0.1, -0.05) is 13.0 Å². The Balaban J connectivity index is 2.05. The van der Waals surface area contributed by atoms with E-state index in [9.17, 15) is 4.79 Å². The van der Waals surface area contributed by atoms with Gasteiger partial charge in [0.15, 0.2) is 0 Å². The van der Waals surface area contributed by atoms with Crippen molar-refractivity contribution in [3.05, 3.63) is 23.8 Å². The Hall–Kier alpha value is -1.71. The highest BCUT2D eigenvalue weighted by Gasteiger charge is 2.40. The van der Waals surface area contributed by atoms with Crippen molar-refractivity contribution in [3.63, 3.8) is 0 Å². The minimum Gasteiger partial charge on any atom is -0.495 e. The van der Waals surface area contributed by atoms with Gasteiger partial charge < -0.3 is 15.8 Å². The molecule has 0 aliphatic heterocycles. The normalized spacial score (nSPS) is 16.1. The molecule has 1 fully saturated rings. The second-order valence-electron chi connectivity index (χ2n) is 4.96. The van der Waals surface area contributed by atoms with Crippen molar-refractivity contribution in [1.82, 2.24) is 5.32 Å². The molecule has 0 radical (unpaired) electrons. The minimum absolute atomic E-state index is 0.119. The Kier molecular flexibility index (Phi) is 3.45. The molecule has 98 valence electrons. The summed E-state index contributed by atoms with van der Waals surface area (Å²) in [6, 6.07) is 5.25. The smallest absolute Gasteiger partial charge is 0.253 e. The summed E-state index contributed by atoms with van der Waals surface area (Å²) in [5.74, 6) is 0.422. The monoisotopic (exact) mass is 248 g/mol. The first-order valence-corrected chi connectivity index (χ1v) is 6.32. The summed E-state index contributed by atoms with van der Waals surface area (Å²) in [7, 11) is 1.55. The number of nitrogens with two attached hydrogens (primary N) is 1. The largest absolute Gasteiger partial charge is 0.495 e. The Morgan fingerprint density at radius 1 is 1.50 bits per heavy atom. The van der Waals surface area contributed by atoms with E-state index in [4.69, 9.17) is 10.5 Å². The minimum atomic E-state index is -0.119. The number of hydrogen-bond acceptors (Lipinski definition) is 3. The average Bonchev–Trinajstić information content (AvgIpc) is 3.17. The summed E-state index contributed by atoms with van der Waals surface area (Å²) in [5, 5.41) is 2.97. The lowest BCUT2D eigenvalue weighted by molar-refractivity contribution is 0.0945. The van der Waals surface area contributed by atoms with Gasteiger partial charge in [-0.15, -0.1) is 0 Å². The molecule has 1 saturated carbocycles. The van der Waals surface area contributed by atoms with Crippen molar-refractivity contribution in [2.45, 2.75) is 26.2 Å². The van der Waals surface area contributed by atoms with Crippen molar-refractivity contribution in [2.24, 2.45) is 5.41 Å². The maximum Gasteiger partial charge on any atom is 0.253 e. The third-order valence-electron chi connectivity index (χ3n) is 3.86. The highest BCUT2D eigenvalue weighted by Crippen LogP contribution is 2.47. The molecule has 0 atom stereocenters. The summed E-state index contributed by atoms with van der Waals surface area (Å²) >= 11 is 0. The number of methoxy groups -OCH3 is 1. The molecule has 18 heavy (non-hydrogen) atoms. The van der Waals surface area contributed by atoms with E-state index in [1.165, 1.54) is 12.8 Å². The fourth-order valence-corrected chi connectivity index (χ4v) is 2.12. The molecule has 0 saturated heterocycles. The molecule has 0 spiro atoms. The van der Waals surface area contributed by atoms with Crippen molar-refractivity contribution >= 4 is 11.6 Å². The zero-order valence-electron chi connectivity index (χ0n) is 11.0. The predicted molar refractivity (Wildman–Crippen MR) is 71.7 cm³/mol. The number of nitrogens with one attached hydrogen (secondary N) is 1. The molecule has 0 unspecified atom stereocenters. The van der Waals surface area contributed by atoms with Gasteiger partial charge in [0.1, 0.15) is 5.75 Å². The molecule has 4 heteroatoms. The zero-order valence-corrected chi connectivity index (χ0v) is 11.0. The van der Waals surface area contributed by atoms with Crippen LogP contribution in [-0.2, 0) is 0 Å². The number of carbonyl (C=O) groups is 1. The highest BCUT2D eigenvalue weighted by atomic mass is 16.5. The lowest BCUT2D eigenvalue weighted by Gasteiger charge is -2.15. The molecule has 0 bridgehead atoms. The van der Waals surface area contributed by atoms with Crippen LogP contribution in [0.25, 0.3) is 0 Å². The van der Waals surface area contributed by atoms with Gasteiger partial charge in [-0.25, -0.2) is 0 Å². The maximum atomic E-state index is 12.1. The van der Waals surface area contributed by atoms with Crippen molar-refractivity contribution in [2.75, 3.05) is 19.4 Å². The third kappa shape index (κ3) is 2.42. The molecule has 3 N–H and O–H groups in total. The Morgan fingerprint density at radius 3 is 2.78 bits per heavy atom. The van der Waals surface area contributed by atoms with Gasteiger partial charge in [0.25, 0.3) is 5.91 Å². The van der Waals surface area contributed by atoms with Crippen LogP contribution in [0.15, 0.2) is 18.2 Å². The van der Waals surface area contributed by atoms with Crippen LogP contribution in [-0.4, -0.2) is 19.6 Å². The number of anilines is 1. The molecule has 1 amide bonds. The summed E-state index contributed by atoms with van der Waals surface area (Å²) < 4.78 is 5.11. The number of ether oxygens (including phenoxy) is 1. The van der Waals surface area contributed by atoms with Gasteiger partial charge >= 0.3 is 0 Å². The molecule has 2 rings (SSSR count). The number of carbonyl (C=O) groups excluding carboxylic acids is 1. The molecule has 1 aromatic carbocycles. The van der Waals surface area contributed by atoms with E-state index in [-0.39, 0.29) is 5.91 Å². The number of benzene rings is 1. The molecule has 0 aromatic heterocycles. The second kappa shape index (κ2) is 4.88. The van der Waals surface area contributed by atoms with Crippen molar-refractivity contribution in [3.8, 4) is 5.75 Å². The van der Waals surface area contributed by atoms with Crippen LogP contribution in [0.3, 0.4) is 0 Å². The van der Waals surface area contributed by atoms with E-state index in [0.717, 1.165) is 13.0 Å². The number of rotatable bonds is 5. The lowest BCUT2D eigenvalue weighted by Crippen LogP contribution is -2.30. The molecular weight excluding hydrogens is 228 g/mol. The van der Waals surface area contributed by atoms with Crippen LogP contribution in [0.2, 0.25) is 0 Å². The standard InChI is InChI=1S/C14H20N2O2/c1-3-14(7-8-14)9-16-13(17)10-5-4-6-11(18-2)12(10)15/h4-6H,3,7-9,15H2,1-2H3,(H,16,17). The first-order chi connectivity index (χ1) is 8.62. The molecule has 1 aliphatic carbocycles. The van der Waals surface area contributed by atoms with E-state index in [1.807, 2.05) is 0 Å². The van der Waals surface area contributed by atoms with Gasteiger partial charge in [-0.2, -0.15) is 0 Å². The van der Waals surface area contributed by atoms with Crippen molar-refractivity contribution in [1.29, 1.82) is 0 Å². The number of para-hydroxylation sites is 1. The Morgan fingerprint density at radius 2 is 2.22 bits per heavy atom. The maximum absolute atomic E-state index is 12.1. The van der Waals surface area contributed by atoms with Gasteiger partial charge in [-0.05, 0) is 36.8 Å². The zero-order chi connectivity index (χ0) is 13.2. The molecule has 1 aromatic rings. The van der Waals surface area contributed by atoms with Gasteiger partial charge in [-0.3, -0.25) is 4.79 Å². The van der Waals surface area contributed by atoms with Crippen LogP contribution in [0, 0.1) is 5.41 Å². The number of amides is 1. The Labute approximate surface area is 108 Å². The van der Waals surface area contributed by atoms with E-state index in [0.29, 0.717) is 22.4 Å². The van der Waals surface area contributed by atoms with Crippen LogP contribution >= 0.6 is 0 Å². The van der Waals surface area contributed by atoms with Crippen LogP contribution in [0.5, 0.6) is 5.75 Å². The van der Waals surface area contributed by atoms with Crippen LogP contribution in [0.4, 0.5) is 5.69 Å². The van der Waals surface area contributed by atoms with Gasteiger partial charge in [0.05, 0.1) is 18.4 Å². The summed E-state index contributed by atoms with van der Waals surface area (Å²) in [6.07, 6.45) is 3.52. The third-order valence-corrected chi connectivity index (χ3v) is 3.86. The van der Waals surface area contributed by atoms with Gasteiger partial charge in [0, 0.05) is 6.54 Å². The first-order valence-electron chi connectivity index (χ1n) is 6.32. The molecule has 1 aliphatic rings. The topological polar surface area (TPSA) is 64.3 Å². The quantitative estimate of drug-likeness (QED) is 0.785. The second-order valence-corrected chi connectivity index (χ2v) is 4.96. The molecule has 4 nitrogen and oxygen atoms in total. The van der Waals surface area contributed by atoms with Crippen molar-refractivity contribution < 1.29 is 9.53 Å². The average molecular weight is 248 g/mol. The number of nitrogen functional groups attached to an aromatic ring is 1. The molecular formula is C14H20N2O2. The fourth-order valence-electron chi connectivity index (χ4n) is 2.12. The Bertz CT molecular complexity index is 453. The fraction of sp³-hybridized carbons (Fsp3) is 0.500. The summed E-state index contributed by atoms with van der Waals surface area (Å²) in [5.41, 5.74) is 7.12. The van der Waals surface area contributed by atoms with E-state index in [2.05, 4.69) is 12.2 Å². The van der Waals surface area contributed by atoms with Gasteiger partial charge in [0.2, 0.25) is 0 Å².